The molecule has 7 heteroatoms. The number of aromatic nitrogens is 3. The summed E-state index contributed by atoms with van der Waals surface area (Å²) in [5, 5.41) is 8.76. The maximum atomic E-state index is 12.9. The average molecular weight is 424 g/mol. The summed E-state index contributed by atoms with van der Waals surface area (Å²) < 4.78 is 3.18. The molecule has 5 rings (SSSR count). The van der Waals surface area contributed by atoms with Gasteiger partial charge < -0.3 is 5.32 Å². The Balaban J connectivity index is 1.17. The van der Waals surface area contributed by atoms with Crippen LogP contribution in [0.15, 0.2) is 24.4 Å². The van der Waals surface area contributed by atoms with E-state index in [0.29, 0.717) is 0 Å². The van der Waals surface area contributed by atoms with Gasteiger partial charge >= 0.3 is 0 Å². The Morgan fingerprint density at radius 3 is 2.83 bits per heavy atom. The van der Waals surface area contributed by atoms with Gasteiger partial charge in [-0.25, -0.2) is 4.98 Å². The summed E-state index contributed by atoms with van der Waals surface area (Å²) in [5.74, 6) is 0.326. The molecule has 2 fully saturated rings. The van der Waals surface area contributed by atoms with Crippen molar-refractivity contribution in [2.24, 2.45) is 11.3 Å². The number of thiazole rings is 1. The predicted molar refractivity (Wildman–Crippen MR) is 121 cm³/mol. The summed E-state index contributed by atoms with van der Waals surface area (Å²) >= 11 is 1.69. The van der Waals surface area contributed by atoms with E-state index in [1.165, 1.54) is 10.3 Å². The second kappa shape index (κ2) is 7.46. The molecule has 1 aliphatic heterocycles. The molecular formula is C23H29N5OS. The smallest absolute Gasteiger partial charge is 0.228 e. The molecule has 2 aliphatic rings. The topological polar surface area (TPSA) is 63.1 Å². The highest BCUT2D eigenvalue weighted by atomic mass is 32.1. The maximum Gasteiger partial charge on any atom is 0.228 e. The van der Waals surface area contributed by atoms with Gasteiger partial charge in [0.05, 0.1) is 20.9 Å². The number of nitrogens with zero attached hydrogens (tertiary/aromatic N) is 4. The highest BCUT2D eigenvalue weighted by molar-refractivity contribution is 7.18. The molecule has 158 valence electrons. The van der Waals surface area contributed by atoms with E-state index in [1.54, 1.807) is 11.3 Å². The fraction of sp³-hybridized carbons (Fsp3) is 0.522. The summed E-state index contributed by atoms with van der Waals surface area (Å²) in [4.78, 5) is 19.9. The number of benzene rings is 1. The number of fused-ring (bicyclic) bond motifs is 1. The molecule has 2 aromatic heterocycles. The third kappa shape index (κ3) is 3.65. The summed E-state index contributed by atoms with van der Waals surface area (Å²) in [7, 11) is 0. The SMILES string of the molecule is CCn1cc(CN2CCC3(CC2)CC3C(=O)Nc2ccc3sc(C)nc3c2)c(C)n1. The first-order chi connectivity index (χ1) is 14.5. The van der Waals surface area contributed by atoms with Crippen molar-refractivity contribution in [3.05, 3.63) is 40.7 Å². The van der Waals surface area contributed by atoms with Crippen molar-refractivity contribution in [2.45, 2.75) is 53.1 Å². The maximum absolute atomic E-state index is 12.9. The molecule has 6 nitrogen and oxygen atoms in total. The number of nitrogens with one attached hydrogen (secondary N) is 1. The first-order valence-corrected chi connectivity index (χ1v) is 11.7. The van der Waals surface area contributed by atoms with Gasteiger partial charge in [-0.2, -0.15) is 5.10 Å². The molecule has 1 aromatic carbocycles. The van der Waals surface area contributed by atoms with Crippen molar-refractivity contribution in [2.75, 3.05) is 18.4 Å². The molecule has 3 heterocycles. The Kier molecular flexibility index (Phi) is 4.90. The van der Waals surface area contributed by atoms with Crippen molar-refractivity contribution in [1.29, 1.82) is 0 Å². The summed E-state index contributed by atoms with van der Waals surface area (Å²) in [6, 6.07) is 6.04. The zero-order valence-electron chi connectivity index (χ0n) is 17.9. The van der Waals surface area contributed by atoms with Crippen molar-refractivity contribution < 1.29 is 4.79 Å². The first-order valence-electron chi connectivity index (χ1n) is 10.9. The van der Waals surface area contributed by atoms with Gasteiger partial charge in [0, 0.05) is 36.5 Å². The van der Waals surface area contributed by atoms with Gasteiger partial charge in [-0.1, -0.05) is 0 Å². The number of rotatable bonds is 5. The van der Waals surface area contributed by atoms with E-state index in [1.807, 2.05) is 23.7 Å². The first kappa shape index (κ1) is 19.7. The van der Waals surface area contributed by atoms with Crippen LogP contribution in [0.4, 0.5) is 5.69 Å². The van der Waals surface area contributed by atoms with Gasteiger partial charge in [0.1, 0.15) is 0 Å². The Morgan fingerprint density at radius 2 is 2.10 bits per heavy atom. The van der Waals surface area contributed by atoms with E-state index >= 15 is 0 Å². The van der Waals surface area contributed by atoms with Crippen LogP contribution in [-0.4, -0.2) is 38.7 Å². The number of carbonyl (C=O) groups excluding carboxylic acids is 1. The largest absolute Gasteiger partial charge is 0.326 e. The highest BCUT2D eigenvalue weighted by Gasteiger charge is 2.58. The monoisotopic (exact) mass is 423 g/mol. The van der Waals surface area contributed by atoms with Crippen LogP contribution < -0.4 is 5.32 Å². The third-order valence-corrected chi connectivity index (χ3v) is 7.84. The number of hydrogen-bond donors (Lipinski definition) is 1. The van der Waals surface area contributed by atoms with Crippen LogP contribution in [0.2, 0.25) is 0 Å². The van der Waals surface area contributed by atoms with Crippen LogP contribution in [0, 0.1) is 25.2 Å². The van der Waals surface area contributed by atoms with Crippen molar-refractivity contribution in [1.82, 2.24) is 19.7 Å². The minimum absolute atomic E-state index is 0.150. The van der Waals surface area contributed by atoms with E-state index < -0.39 is 0 Å². The third-order valence-electron chi connectivity index (χ3n) is 6.89. The quantitative estimate of drug-likeness (QED) is 0.662. The van der Waals surface area contributed by atoms with Gasteiger partial charge in [0.2, 0.25) is 5.91 Å². The number of carbonyl (C=O) groups is 1. The van der Waals surface area contributed by atoms with Gasteiger partial charge in [0.25, 0.3) is 0 Å². The summed E-state index contributed by atoms with van der Waals surface area (Å²) in [5.41, 5.74) is 4.50. The van der Waals surface area contributed by atoms with E-state index in [4.69, 9.17) is 0 Å². The molecule has 30 heavy (non-hydrogen) atoms. The number of piperidine rings is 1. The molecule has 1 N–H and O–H groups in total. The molecule has 1 unspecified atom stereocenters. The van der Waals surface area contributed by atoms with Crippen LogP contribution in [0.1, 0.15) is 42.5 Å². The van der Waals surface area contributed by atoms with E-state index in [9.17, 15) is 4.79 Å². The van der Waals surface area contributed by atoms with Crippen LogP contribution in [0.25, 0.3) is 10.2 Å². The Labute approximate surface area is 181 Å². The Bertz CT molecular complexity index is 1090. The average Bonchev–Trinajstić information content (AvgIpc) is 3.11. The fourth-order valence-corrected chi connectivity index (χ4v) is 5.70. The molecule has 0 bridgehead atoms. The summed E-state index contributed by atoms with van der Waals surface area (Å²) in [6.45, 7) is 10.2. The number of hydrogen-bond acceptors (Lipinski definition) is 5. The second-order valence-corrected chi connectivity index (χ2v) is 10.1. The van der Waals surface area contributed by atoms with Gasteiger partial charge in [-0.3, -0.25) is 14.4 Å². The minimum Gasteiger partial charge on any atom is -0.326 e. The lowest BCUT2D eigenvalue weighted by atomic mass is 9.90. The van der Waals surface area contributed by atoms with E-state index in [-0.39, 0.29) is 17.2 Å². The molecule has 1 saturated heterocycles. The molecule has 1 aliphatic carbocycles. The molecule has 3 aromatic rings. The standard InChI is InChI=1S/C23H29N5OS/c1-4-28-14-17(15(2)26-28)13-27-9-7-23(8-10-27)12-19(23)22(29)25-18-5-6-21-20(11-18)24-16(3)30-21/h5-6,11,14,19H,4,7-10,12-13H2,1-3H3,(H,25,29). The van der Waals surface area contributed by atoms with Gasteiger partial charge in [0.15, 0.2) is 0 Å². The number of amides is 1. The number of likely N-dealkylation sites (tertiary alicyclic amines) is 1. The lowest BCUT2D eigenvalue weighted by molar-refractivity contribution is -0.118. The van der Waals surface area contributed by atoms with Crippen LogP contribution in [0.3, 0.4) is 0 Å². The number of aryl methyl sites for hydroxylation is 3. The van der Waals surface area contributed by atoms with E-state index in [2.05, 4.69) is 46.4 Å². The van der Waals surface area contributed by atoms with Crippen LogP contribution in [0.5, 0.6) is 0 Å². The van der Waals surface area contributed by atoms with Crippen LogP contribution in [-0.2, 0) is 17.9 Å². The Morgan fingerprint density at radius 1 is 1.30 bits per heavy atom. The Hall–Kier alpha value is -2.25. The molecule has 1 amide bonds. The van der Waals surface area contributed by atoms with E-state index in [0.717, 1.165) is 67.3 Å². The van der Waals surface area contributed by atoms with Crippen molar-refractivity contribution in [3.8, 4) is 0 Å². The highest BCUT2D eigenvalue weighted by Crippen LogP contribution is 2.59. The predicted octanol–water partition coefficient (Wildman–Crippen LogP) is 4.37. The van der Waals surface area contributed by atoms with Crippen molar-refractivity contribution >= 4 is 33.1 Å². The normalized spacial score (nSPS) is 20.7. The van der Waals surface area contributed by atoms with Gasteiger partial charge in [-0.05, 0) is 76.7 Å². The van der Waals surface area contributed by atoms with Crippen LogP contribution >= 0.6 is 11.3 Å². The molecule has 1 spiro atoms. The lowest BCUT2D eigenvalue weighted by Gasteiger charge is -2.32. The number of anilines is 1. The molecule has 1 atom stereocenters. The minimum atomic E-state index is 0.150. The van der Waals surface area contributed by atoms with Crippen molar-refractivity contribution in [3.63, 3.8) is 0 Å². The lowest BCUT2D eigenvalue weighted by Crippen LogP contribution is -2.35. The molecular weight excluding hydrogens is 394 g/mol. The summed E-state index contributed by atoms with van der Waals surface area (Å²) in [6.07, 6.45) is 5.41. The zero-order chi connectivity index (χ0) is 20.9. The second-order valence-electron chi connectivity index (χ2n) is 8.90. The zero-order valence-corrected chi connectivity index (χ0v) is 18.8. The molecule has 1 saturated carbocycles. The molecule has 0 radical (unpaired) electrons. The fourth-order valence-electron chi connectivity index (χ4n) is 4.89. The van der Waals surface area contributed by atoms with Gasteiger partial charge in [-0.15, -0.1) is 11.3 Å².